The van der Waals surface area contributed by atoms with Gasteiger partial charge < -0.3 is 15.4 Å². The molecule has 0 aromatic carbocycles. The smallest absolute Gasteiger partial charge is 0.358 e. The molecule has 0 spiro atoms. The highest BCUT2D eigenvalue weighted by Crippen LogP contribution is 2.20. The first-order valence-corrected chi connectivity index (χ1v) is 6.70. The third-order valence-corrected chi connectivity index (χ3v) is 3.59. The molecule has 2 aromatic rings. The topological polar surface area (TPSA) is 98.0 Å². The summed E-state index contributed by atoms with van der Waals surface area (Å²) in [7, 11) is 0. The zero-order valence-electron chi connectivity index (χ0n) is 9.37. The Bertz CT molecular complexity index is 617. The summed E-state index contributed by atoms with van der Waals surface area (Å²) in [5.41, 5.74) is 1.83. The number of nitrogens with zero attached hydrogens (tertiary/aromatic N) is 3. The number of carbonyl (C=O) groups excluding carboxylic acids is 1. The van der Waals surface area contributed by atoms with E-state index in [2.05, 4.69) is 31.2 Å². The third kappa shape index (κ3) is 3.32. The Morgan fingerprint density at radius 1 is 1.53 bits per heavy atom. The van der Waals surface area contributed by atoms with Crippen molar-refractivity contribution in [1.29, 1.82) is 0 Å². The zero-order valence-corrected chi connectivity index (χ0v) is 11.8. The van der Waals surface area contributed by atoms with Gasteiger partial charge >= 0.3 is 5.82 Å². The molecule has 2 rings (SSSR count). The lowest BCUT2D eigenvalue weighted by Crippen LogP contribution is -2.23. The van der Waals surface area contributed by atoms with Gasteiger partial charge in [0.15, 0.2) is 6.20 Å². The molecule has 1 N–H and O–H groups in total. The van der Waals surface area contributed by atoms with Gasteiger partial charge in [-0.3, -0.25) is 9.78 Å². The van der Waals surface area contributed by atoms with E-state index in [0.29, 0.717) is 11.0 Å². The van der Waals surface area contributed by atoms with Crippen LogP contribution in [0.25, 0.3) is 0 Å². The minimum absolute atomic E-state index is 0.172. The molecule has 1 amide bonds. The Kier molecular flexibility index (Phi) is 4.17. The summed E-state index contributed by atoms with van der Waals surface area (Å²) < 4.78 is 0.403. The molecule has 0 fully saturated rings. The molecule has 0 saturated heterocycles. The Labute approximate surface area is 120 Å². The zero-order chi connectivity index (χ0) is 13.8. The van der Waals surface area contributed by atoms with Crippen LogP contribution < -0.4 is 5.32 Å². The molecule has 7 nitrogen and oxygen atoms in total. The maximum atomic E-state index is 11.9. The van der Waals surface area contributed by atoms with Crippen molar-refractivity contribution >= 4 is 39.0 Å². The summed E-state index contributed by atoms with van der Waals surface area (Å²) in [5.74, 6) is -0.781. The van der Waals surface area contributed by atoms with Crippen molar-refractivity contribution in [2.45, 2.75) is 6.54 Å². The number of carbonyl (C=O) groups is 1. The fourth-order valence-corrected chi connectivity index (χ4v) is 2.22. The lowest BCUT2D eigenvalue weighted by molar-refractivity contribution is -0.389. The van der Waals surface area contributed by atoms with Gasteiger partial charge in [0.1, 0.15) is 0 Å². The van der Waals surface area contributed by atoms with E-state index < -0.39 is 10.8 Å². The van der Waals surface area contributed by atoms with Crippen molar-refractivity contribution in [2.75, 3.05) is 0 Å². The number of hydrogen-bond donors (Lipinski definition) is 1. The van der Waals surface area contributed by atoms with Crippen LogP contribution in [0.1, 0.15) is 15.2 Å². The maximum Gasteiger partial charge on any atom is 0.364 e. The fraction of sp³-hybridized carbons (Fsp3) is 0.100. The second-order valence-corrected chi connectivity index (χ2v) is 5.26. The van der Waals surface area contributed by atoms with Crippen LogP contribution >= 0.6 is 27.3 Å². The van der Waals surface area contributed by atoms with Crippen LogP contribution in [0.15, 0.2) is 28.4 Å². The van der Waals surface area contributed by atoms with E-state index in [9.17, 15) is 14.9 Å². The predicted molar refractivity (Wildman–Crippen MR) is 71.9 cm³/mol. The molecule has 0 atom stereocenters. The van der Waals surface area contributed by atoms with Crippen molar-refractivity contribution in [3.05, 3.63) is 49.0 Å². The van der Waals surface area contributed by atoms with Crippen molar-refractivity contribution < 1.29 is 9.72 Å². The normalized spacial score (nSPS) is 10.2. The van der Waals surface area contributed by atoms with E-state index in [0.717, 1.165) is 10.9 Å². The highest BCUT2D eigenvalue weighted by molar-refractivity contribution is 9.10. The highest BCUT2D eigenvalue weighted by atomic mass is 79.9. The van der Waals surface area contributed by atoms with Gasteiger partial charge in [-0.25, -0.2) is 0 Å². The van der Waals surface area contributed by atoms with Gasteiger partial charge in [0, 0.05) is 17.1 Å². The molecule has 2 heterocycles. The third-order valence-electron chi connectivity index (χ3n) is 2.18. The predicted octanol–water partition coefficient (Wildman–Crippen LogP) is 2.14. The first-order valence-electron chi connectivity index (χ1n) is 5.03. The summed E-state index contributed by atoms with van der Waals surface area (Å²) in [6.45, 7) is 0.325. The van der Waals surface area contributed by atoms with E-state index >= 15 is 0 Å². The van der Waals surface area contributed by atoms with E-state index in [1.54, 1.807) is 11.7 Å². The highest BCUT2D eigenvalue weighted by Gasteiger charge is 2.17. The van der Waals surface area contributed by atoms with Crippen LogP contribution in [0.4, 0.5) is 5.82 Å². The monoisotopic (exact) mass is 342 g/mol. The first-order chi connectivity index (χ1) is 9.08. The van der Waals surface area contributed by atoms with Crippen molar-refractivity contribution in [1.82, 2.24) is 15.3 Å². The molecule has 0 aliphatic heterocycles. The Morgan fingerprint density at radius 2 is 2.32 bits per heavy atom. The second kappa shape index (κ2) is 5.85. The van der Waals surface area contributed by atoms with Crippen LogP contribution in [0.3, 0.4) is 0 Å². The summed E-state index contributed by atoms with van der Waals surface area (Å²) >= 11 is 4.56. The first kappa shape index (κ1) is 13.6. The average molecular weight is 343 g/mol. The molecule has 0 aliphatic carbocycles. The van der Waals surface area contributed by atoms with Crippen LogP contribution in [-0.4, -0.2) is 20.8 Å². The molecule has 98 valence electrons. The maximum absolute atomic E-state index is 11.9. The molecular formula is C10H7BrN4O3S. The molecule has 0 aliphatic rings. The van der Waals surface area contributed by atoms with Crippen LogP contribution in [0.5, 0.6) is 0 Å². The van der Waals surface area contributed by atoms with Gasteiger partial charge in [-0.2, -0.15) is 0 Å². The number of aromatic nitrogens is 2. The standard InChI is InChI=1S/C10H7BrN4O3S/c11-8-4-13-9(15(17)18)1-7(8)10(16)14-3-6-2-12-5-19-6/h1-2,4-5H,3H2,(H,14,16). The van der Waals surface area contributed by atoms with Gasteiger partial charge in [0.05, 0.1) is 22.1 Å². The van der Waals surface area contributed by atoms with E-state index in [1.165, 1.54) is 17.5 Å². The summed E-state index contributed by atoms with van der Waals surface area (Å²) in [6, 6.07) is 1.13. The quantitative estimate of drug-likeness (QED) is 0.677. The van der Waals surface area contributed by atoms with Gasteiger partial charge in [-0.15, -0.1) is 11.3 Å². The molecule has 0 radical (unpaired) electrons. The van der Waals surface area contributed by atoms with Crippen LogP contribution in [-0.2, 0) is 6.54 Å². The molecule has 9 heteroatoms. The molecule has 0 bridgehead atoms. The fourth-order valence-electron chi connectivity index (χ4n) is 1.29. The number of amides is 1. The van der Waals surface area contributed by atoms with Gasteiger partial charge in [0.25, 0.3) is 5.91 Å². The summed E-state index contributed by atoms with van der Waals surface area (Å²) in [5, 5.41) is 13.3. The SMILES string of the molecule is O=C(NCc1cncs1)c1cc([N+](=O)[O-])ncc1Br. The van der Waals surface area contributed by atoms with E-state index in [4.69, 9.17) is 0 Å². The van der Waals surface area contributed by atoms with Gasteiger partial charge in [-0.1, -0.05) is 0 Å². The Hall–Kier alpha value is -1.87. The lowest BCUT2D eigenvalue weighted by Gasteiger charge is -2.04. The Balaban J connectivity index is 2.14. The van der Waals surface area contributed by atoms with Crippen molar-refractivity contribution in [2.24, 2.45) is 0 Å². The van der Waals surface area contributed by atoms with Crippen molar-refractivity contribution in [3.8, 4) is 0 Å². The van der Waals surface area contributed by atoms with Crippen LogP contribution in [0, 0.1) is 10.1 Å². The molecular weight excluding hydrogens is 336 g/mol. The molecule has 2 aromatic heterocycles. The van der Waals surface area contributed by atoms with Crippen LogP contribution in [0.2, 0.25) is 0 Å². The molecule has 0 saturated carbocycles. The largest absolute Gasteiger partial charge is 0.364 e. The van der Waals surface area contributed by atoms with Gasteiger partial charge in [0.2, 0.25) is 0 Å². The number of pyridine rings is 1. The molecule has 0 unspecified atom stereocenters. The average Bonchev–Trinajstić information content (AvgIpc) is 2.89. The minimum Gasteiger partial charge on any atom is -0.358 e. The van der Waals surface area contributed by atoms with E-state index in [1.807, 2.05) is 0 Å². The number of nitrogens with one attached hydrogen (secondary N) is 1. The minimum atomic E-state index is -0.646. The van der Waals surface area contributed by atoms with Crippen molar-refractivity contribution in [3.63, 3.8) is 0 Å². The number of nitro groups is 1. The number of halogens is 1. The Morgan fingerprint density at radius 3 is 2.95 bits per heavy atom. The summed E-state index contributed by atoms with van der Waals surface area (Å²) in [6.07, 6.45) is 2.88. The lowest BCUT2D eigenvalue weighted by atomic mass is 10.2. The van der Waals surface area contributed by atoms with Gasteiger partial charge in [-0.05, 0) is 25.8 Å². The number of rotatable bonds is 4. The van der Waals surface area contributed by atoms with E-state index in [-0.39, 0.29) is 11.4 Å². The molecule has 19 heavy (non-hydrogen) atoms. The number of thiazole rings is 1. The second-order valence-electron chi connectivity index (χ2n) is 3.43. The summed E-state index contributed by atoms with van der Waals surface area (Å²) in [4.78, 5) is 30.3. The number of hydrogen-bond acceptors (Lipinski definition) is 6.